The Labute approximate surface area is 99.1 Å². The van der Waals surface area contributed by atoms with Gasteiger partial charge in [-0.25, -0.2) is 0 Å². The van der Waals surface area contributed by atoms with Crippen molar-refractivity contribution in [2.75, 3.05) is 19.6 Å². The monoisotopic (exact) mass is 252 g/mol. The lowest BCUT2D eigenvalue weighted by Crippen LogP contribution is -2.45. The van der Waals surface area contributed by atoms with Gasteiger partial charge in [0, 0.05) is 13.1 Å². The molecule has 2 N–H and O–H groups in total. The predicted molar refractivity (Wildman–Crippen MR) is 58.3 cm³/mol. The molecule has 0 saturated heterocycles. The van der Waals surface area contributed by atoms with Gasteiger partial charge in [0.05, 0.1) is 5.41 Å². The summed E-state index contributed by atoms with van der Waals surface area (Å²) in [5.41, 5.74) is 4.78. The summed E-state index contributed by atoms with van der Waals surface area (Å²) in [4.78, 5) is 12.9. The zero-order valence-corrected chi connectivity index (χ0v) is 10.0. The Morgan fingerprint density at radius 2 is 2.00 bits per heavy atom. The lowest BCUT2D eigenvalue weighted by atomic mass is 10.1. The molecule has 0 bridgehead atoms. The number of hydrogen-bond acceptors (Lipinski definition) is 2. The van der Waals surface area contributed by atoms with Crippen LogP contribution in [-0.4, -0.2) is 36.6 Å². The molecule has 0 aromatic carbocycles. The summed E-state index contributed by atoms with van der Waals surface area (Å²) in [6, 6.07) is 0. The van der Waals surface area contributed by atoms with Crippen molar-refractivity contribution in [2.45, 2.75) is 38.8 Å². The highest BCUT2D eigenvalue weighted by atomic mass is 19.4. The van der Waals surface area contributed by atoms with Gasteiger partial charge in [-0.3, -0.25) is 4.79 Å². The molecule has 1 saturated carbocycles. The molecule has 0 spiro atoms. The number of halogens is 3. The van der Waals surface area contributed by atoms with Crippen molar-refractivity contribution < 1.29 is 18.0 Å². The van der Waals surface area contributed by atoms with Crippen molar-refractivity contribution in [3.63, 3.8) is 0 Å². The number of amides is 1. The van der Waals surface area contributed by atoms with Gasteiger partial charge in [-0.05, 0) is 19.3 Å². The van der Waals surface area contributed by atoms with E-state index in [1.54, 1.807) is 0 Å². The number of nitrogens with two attached hydrogens (primary N) is 1. The summed E-state index contributed by atoms with van der Waals surface area (Å²) in [6.07, 6.45) is -1.76. The first kappa shape index (κ1) is 14.3. The van der Waals surface area contributed by atoms with Crippen LogP contribution in [0.25, 0.3) is 0 Å². The normalized spacial score (nSPS) is 17.9. The first-order valence-corrected chi connectivity index (χ1v) is 5.91. The summed E-state index contributed by atoms with van der Waals surface area (Å²) < 4.78 is 37.1. The minimum atomic E-state index is -4.34. The Hall–Kier alpha value is -0.780. The van der Waals surface area contributed by atoms with Gasteiger partial charge in [-0.1, -0.05) is 13.3 Å². The van der Waals surface area contributed by atoms with Gasteiger partial charge in [0.15, 0.2) is 0 Å². The molecule has 1 rings (SSSR count). The third-order valence-electron chi connectivity index (χ3n) is 3.14. The number of hydrogen-bond donors (Lipinski definition) is 1. The van der Waals surface area contributed by atoms with E-state index in [2.05, 4.69) is 0 Å². The van der Waals surface area contributed by atoms with Crippen molar-refractivity contribution in [1.82, 2.24) is 4.90 Å². The van der Waals surface area contributed by atoms with Crippen LogP contribution in [0.1, 0.15) is 32.6 Å². The zero-order chi connectivity index (χ0) is 13.1. The number of nitrogens with zero attached hydrogens (tertiary/aromatic N) is 1. The van der Waals surface area contributed by atoms with E-state index in [1.165, 1.54) is 0 Å². The van der Waals surface area contributed by atoms with Gasteiger partial charge in [-0.15, -0.1) is 0 Å². The summed E-state index contributed by atoms with van der Waals surface area (Å²) in [5.74, 6) is -0.425. The van der Waals surface area contributed by atoms with Crippen molar-refractivity contribution in [3.05, 3.63) is 0 Å². The van der Waals surface area contributed by atoms with E-state index >= 15 is 0 Å². The first-order chi connectivity index (χ1) is 7.84. The van der Waals surface area contributed by atoms with Crippen molar-refractivity contribution >= 4 is 5.91 Å². The zero-order valence-electron chi connectivity index (χ0n) is 10.0. The summed E-state index contributed by atoms with van der Waals surface area (Å²) in [5, 5.41) is 0. The van der Waals surface area contributed by atoms with Crippen LogP contribution in [0.2, 0.25) is 0 Å². The summed E-state index contributed by atoms with van der Waals surface area (Å²) in [6.45, 7) is 1.03. The van der Waals surface area contributed by atoms with Crippen LogP contribution < -0.4 is 5.73 Å². The average Bonchev–Trinajstić information content (AvgIpc) is 3.02. The molecule has 1 aliphatic carbocycles. The third-order valence-corrected chi connectivity index (χ3v) is 3.14. The molecule has 0 aromatic heterocycles. The van der Waals surface area contributed by atoms with Crippen LogP contribution >= 0.6 is 0 Å². The van der Waals surface area contributed by atoms with Crippen LogP contribution in [0, 0.1) is 5.41 Å². The second kappa shape index (κ2) is 5.25. The molecule has 17 heavy (non-hydrogen) atoms. The first-order valence-electron chi connectivity index (χ1n) is 5.91. The molecule has 1 fully saturated rings. The highest BCUT2D eigenvalue weighted by molar-refractivity contribution is 5.85. The SMILES string of the molecule is CCCCN(CC(F)(F)F)C(=O)C1(CN)CC1. The number of unbranched alkanes of at least 4 members (excludes halogenated alkanes) is 1. The van der Waals surface area contributed by atoms with E-state index in [1.807, 2.05) is 6.92 Å². The standard InChI is InChI=1S/C11H19F3N2O/c1-2-3-6-16(8-11(12,13)14)9(17)10(7-15)4-5-10/h2-8,15H2,1H3. The van der Waals surface area contributed by atoms with E-state index < -0.39 is 24.0 Å². The van der Waals surface area contributed by atoms with E-state index in [0.717, 1.165) is 11.3 Å². The number of carbonyl (C=O) groups excluding carboxylic acids is 1. The molecule has 0 atom stereocenters. The molecular formula is C11H19F3N2O. The van der Waals surface area contributed by atoms with Gasteiger partial charge < -0.3 is 10.6 Å². The molecule has 0 heterocycles. The number of alkyl halides is 3. The van der Waals surface area contributed by atoms with Gasteiger partial charge in [0.1, 0.15) is 6.54 Å². The van der Waals surface area contributed by atoms with Crippen LogP contribution in [0.5, 0.6) is 0 Å². The lowest BCUT2D eigenvalue weighted by Gasteiger charge is -2.27. The maximum atomic E-state index is 12.4. The van der Waals surface area contributed by atoms with Gasteiger partial charge >= 0.3 is 6.18 Å². The quantitative estimate of drug-likeness (QED) is 0.785. The Morgan fingerprint density at radius 3 is 2.35 bits per heavy atom. The molecule has 0 aromatic rings. The maximum absolute atomic E-state index is 12.4. The van der Waals surface area contributed by atoms with Gasteiger partial charge in [0.2, 0.25) is 5.91 Å². The van der Waals surface area contributed by atoms with E-state index in [9.17, 15) is 18.0 Å². The molecule has 1 amide bonds. The Morgan fingerprint density at radius 1 is 1.41 bits per heavy atom. The van der Waals surface area contributed by atoms with E-state index in [0.29, 0.717) is 19.3 Å². The van der Waals surface area contributed by atoms with Crippen LogP contribution in [0.3, 0.4) is 0 Å². The summed E-state index contributed by atoms with van der Waals surface area (Å²) in [7, 11) is 0. The van der Waals surface area contributed by atoms with Crippen LogP contribution in [-0.2, 0) is 4.79 Å². The smallest absolute Gasteiger partial charge is 0.333 e. The van der Waals surface area contributed by atoms with Crippen molar-refractivity contribution in [1.29, 1.82) is 0 Å². The Balaban J connectivity index is 2.65. The molecule has 3 nitrogen and oxygen atoms in total. The van der Waals surface area contributed by atoms with Crippen molar-refractivity contribution in [3.8, 4) is 0 Å². The molecule has 1 aliphatic rings. The molecule has 0 unspecified atom stereocenters. The van der Waals surface area contributed by atoms with Crippen LogP contribution in [0.15, 0.2) is 0 Å². The minimum Gasteiger partial charge on any atom is -0.333 e. The fourth-order valence-corrected chi connectivity index (χ4v) is 1.81. The lowest BCUT2D eigenvalue weighted by molar-refractivity contribution is -0.164. The minimum absolute atomic E-state index is 0.145. The van der Waals surface area contributed by atoms with E-state index in [-0.39, 0.29) is 13.1 Å². The third kappa shape index (κ3) is 3.87. The highest BCUT2D eigenvalue weighted by Crippen LogP contribution is 2.46. The van der Waals surface area contributed by atoms with Crippen molar-refractivity contribution in [2.24, 2.45) is 11.1 Å². The largest absolute Gasteiger partial charge is 0.406 e. The Kier molecular flexibility index (Phi) is 4.41. The maximum Gasteiger partial charge on any atom is 0.406 e. The molecule has 0 aliphatic heterocycles. The topological polar surface area (TPSA) is 46.3 Å². The molecule has 100 valence electrons. The second-order valence-corrected chi connectivity index (χ2v) is 4.68. The summed E-state index contributed by atoms with van der Waals surface area (Å²) >= 11 is 0. The fraction of sp³-hybridized carbons (Fsp3) is 0.909. The predicted octanol–water partition coefficient (Wildman–Crippen LogP) is 1.92. The van der Waals surface area contributed by atoms with E-state index in [4.69, 9.17) is 5.73 Å². The number of rotatable bonds is 6. The highest BCUT2D eigenvalue weighted by Gasteiger charge is 2.51. The Bertz CT molecular complexity index is 274. The number of carbonyl (C=O) groups is 1. The van der Waals surface area contributed by atoms with Crippen LogP contribution in [0.4, 0.5) is 13.2 Å². The molecule has 6 heteroatoms. The van der Waals surface area contributed by atoms with Gasteiger partial charge in [0.25, 0.3) is 0 Å². The van der Waals surface area contributed by atoms with Gasteiger partial charge in [-0.2, -0.15) is 13.2 Å². The average molecular weight is 252 g/mol. The fourth-order valence-electron chi connectivity index (χ4n) is 1.81. The molecule has 0 radical (unpaired) electrons. The second-order valence-electron chi connectivity index (χ2n) is 4.68. The molecular weight excluding hydrogens is 233 g/mol.